The second kappa shape index (κ2) is 7.45. The minimum Gasteiger partial charge on any atom is -0.497 e. The zero-order valence-corrected chi connectivity index (χ0v) is 15.2. The second-order valence-electron chi connectivity index (χ2n) is 5.30. The van der Waals surface area contributed by atoms with Gasteiger partial charge >= 0.3 is 0 Å². The summed E-state index contributed by atoms with van der Waals surface area (Å²) in [6.07, 6.45) is 0. The number of methoxy groups -OCH3 is 1. The number of amidine groups is 1. The minimum absolute atomic E-state index is 0.175. The van der Waals surface area contributed by atoms with E-state index >= 15 is 0 Å². The molecular weight excluding hydrogens is 363 g/mol. The molecule has 1 heterocycles. The molecule has 2 aromatic rings. The Labute approximate surface area is 150 Å². The van der Waals surface area contributed by atoms with E-state index < -0.39 is 10.0 Å². The van der Waals surface area contributed by atoms with Crippen LogP contribution in [0.3, 0.4) is 0 Å². The molecule has 8 heteroatoms. The summed E-state index contributed by atoms with van der Waals surface area (Å²) in [6.45, 7) is 0.683. The molecule has 0 bridgehead atoms. The van der Waals surface area contributed by atoms with Gasteiger partial charge in [-0.25, -0.2) is 17.1 Å². The minimum atomic E-state index is -3.69. The molecule has 0 N–H and O–H groups in total. The molecular formula is C17H17FN2O3S2. The van der Waals surface area contributed by atoms with Gasteiger partial charge in [0.2, 0.25) is 0 Å². The van der Waals surface area contributed by atoms with Crippen LogP contribution in [0.25, 0.3) is 0 Å². The number of rotatable bonds is 5. The van der Waals surface area contributed by atoms with Crippen LogP contribution < -0.4 is 4.74 Å². The maximum Gasteiger partial charge on any atom is 0.265 e. The molecule has 0 aliphatic carbocycles. The molecule has 0 aromatic heterocycles. The van der Waals surface area contributed by atoms with Crippen molar-refractivity contribution in [1.82, 2.24) is 4.31 Å². The highest BCUT2D eigenvalue weighted by Crippen LogP contribution is 2.27. The third kappa shape index (κ3) is 3.80. The summed E-state index contributed by atoms with van der Waals surface area (Å²) < 4.78 is 45.7. The summed E-state index contributed by atoms with van der Waals surface area (Å²) >= 11 is 1.22. The van der Waals surface area contributed by atoms with E-state index in [4.69, 9.17) is 4.74 Å². The molecule has 3 rings (SSSR count). The molecule has 5 nitrogen and oxygen atoms in total. The number of benzene rings is 2. The van der Waals surface area contributed by atoms with Gasteiger partial charge in [0, 0.05) is 5.75 Å². The van der Waals surface area contributed by atoms with Crippen molar-refractivity contribution in [2.24, 2.45) is 4.99 Å². The third-order valence-corrected chi connectivity index (χ3v) is 6.71. The summed E-state index contributed by atoms with van der Waals surface area (Å²) in [7, 11) is -2.17. The van der Waals surface area contributed by atoms with E-state index in [0.717, 1.165) is 0 Å². The maximum atomic E-state index is 13.7. The second-order valence-corrected chi connectivity index (χ2v) is 8.10. The topological polar surface area (TPSA) is 59.0 Å². The molecule has 2 aromatic carbocycles. The van der Waals surface area contributed by atoms with Gasteiger partial charge in [-0.2, -0.15) is 0 Å². The van der Waals surface area contributed by atoms with Gasteiger partial charge in [0.15, 0.2) is 5.17 Å². The zero-order chi connectivity index (χ0) is 17.9. The Morgan fingerprint density at radius 1 is 1.20 bits per heavy atom. The lowest BCUT2D eigenvalue weighted by atomic mass is 10.2. The first-order valence-electron chi connectivity index (χ1n) is 7.60. The molecule has 1 aliphatic rings. The number of thioether (sulfide) groups is 1. The van der Waals surface area contributed by atoms with Crippen LogP contribution in [0.2, 0.25) is 0 Å². The number of sulfonamides is 1. The monoisotopic (exact) mass is 380 g/mol. The van der Waals surface area contributed by atoms with Crippen molar-refractivity contribution in [3.05, 3.63) is 59.9 Å². The largest absolute Gasteiger partial charge is 0.497 e. The Balaban J connectivity index is 1.76. The van der Waals surface area contributed by atoms with Crippen molar-refractivity contribution in [3.63, 3.8) is 0 Å². The lowest BCUT2D eigenvalue weighted by Gasteiger charge is -2.20. The molecule has 132 valence electrons. The van der Waals surface area contributed by atoms with Crippen LogP contribution in [0.4, 0.5) is 4.39 Å². The van der Waals surface area contributed by atoms with E-state index in [1.807, 2.05) is 0 Å². The highest BCUT2D eigenvalue weighted by atomic mass is 32.2. The standard InChI is InChI=1S/C17H17FN2O3S2/c1-23-14-6-8-15(9-7-14)25(21,22)20-11-10-19-17(20)24-12-13-4-2-3-5-16(13)18/h2-9H,10-12H2,1H3. The molecule has 0 fully saturated rings. The van der Waals surface area contributed by atoms with Crippen LogP contribution >= 0.6 is 11.8 Å². The van der Waals surface area contributed by atoms with E-state index in [2.05, 4.69) is 4.99 Å². The van der Waals surface area contributed by atoms with E-state index in [9.17, 15) is 12.8 Å². The first kappa shape index (κ1) is 17.8. The van der Waals surface area contributed by atoms with E-state index in [-0.39, 0.29) is 17.3 Å². The number of hydrogen-bond acceptors (Lipinski definition) is 5. The highest BCUT2D eigenvalue weighted by Gasteiger charge is 2.31. The average Bonchev–Trinajstić information content (AvgIpc) is 3.10. The molecule has 0 spiro atoms. The van der Waals surface area contributed by atoms with E-state index in [1.54, 1.807) is 30.3 Å². The van der Waals surface area contributed by atoms with Gasteiger partial charge in [0.1, 0.15) is 11.6 Å². The Morgan fingerprint density at radius 3 is 2.60 bits per heavy atom. The van der Waals surface area contributed by atoms with Gasteiger partial charge in [-0.15, -0.1) is 0 Å². The quantitative estimate of drug-likeness (QED) is 0.800. The van der Waals surface area contributed by atoms with Crippen LogP contribution in [-0.4, -0.2) is 38.1 Å². The molecule has 0 saturated heterocycles. The number of ether oxygens (including phenoxy) is 1. The van der Waals surface area contributed by atoms with Gasteiger partial charge in [-0.3, -0.25) is 4.99 Å². The molecule has 0 radical (unpaired) electrons. The number of hydrogen-bond donors (Lipinski definition) is 0. The van der Waals surface area contributed by atoms with Gasteiger partial charge in [0.25, 0.3) is 10.0 Å². The van der Waals surface area contributed by atoms with Gasteiger partial charge in [-0.05, 0) is 35.9 Å². The maximum absolute atomic E-state index is 13.7. The van der Waals surface area contributed by atoms with Crippen LogP contribution in [0.5, 0.6) is 5.75 Å². The fourth-order valence-electron chi connectivity index (χ4n) is 2.38. The predicted octanol–water partition coefficient (Wildman–Crippen LogP) is 3.13. The number of nitrogens with zero attached hydrogens (tertiary/aromatic N) is 2. The molecule has 0 unspecified atom stereocenters. The first-order chi connectivity index (χ1) is 12.0. The summed E-state index contributed by atoms with van der Waals surface area (Å²) in [5, 5.41) is 0.388. The van der Waals surface area contributed by atoms with Crippen LogP contribution in [0, 0.1) is 5.82 Å². The Bertz CT molecular complexity index is 883. The van der Waals surface area contributed by atoms with Gasteiger partial charge in [0.05, 0.1) is 25.1 Å². The van der Waals surface area contributed by atoms with Gasteiger partial charge in [-0.1, -0.05) is 30.0 Å². The Morgan fingerprint density at radius 2 is 1.92 bits per heavy atom. The SMILES string of the molecule is COc1ccc(S(=O)(=O)N2CCN=C2SCc2ccccc2F)cc1. The Hall–Kier alpha value is -2.06. The summed E-state index contributed by atoms with van der Waals surface area (Å²) in [6, 6.07) is 12.7. The van der Waals surface area contributed by atoms with Crippen molar-refractivity contribution in [1.29, 1.82) is 0 Å². The van der Waals surface area contributed by atoms with Crippen molar-refractivity contribution >= 4 is 27.0 Å². The van der Waals surface area contributed by atoms with Crippen LogP contribution in [0.15, 0.2) is 58.4 Å². The molecule has 0 amide bonds. The first-order valence-corrected chi connectivity index (χ1v) is 10.0. The van der Waals surface area contributed by atoms with Crippen LogP contribution in [0.1, 0.15) is 5.56 Å². The zero-order valence-electron chi connectivity index (χ0n) is 13.6. The fraction of sp³-hybridized carbons (Fsp3) is 0.235. The van der Waals surface area contributed by atoms with Crippen LogP contribution in [-0.2, 0) is 15.8 Å². The number of halogens is 1. The molecule has 1 aliphatic heterocycles. The lowest BCUT2D eigenvalue weighted by Crippen LogP contribution is -2.32. The lowest BCUT2D eigenvalue weighted by molar-refractivity contribution is 0.414. The van der Waals surface area contributed by atoms with Gasteiger partial charge < -0.3 is 4.74 Å². The highest BCUT2D eigenvalue weighted by molar-refractivity contribution is 8.14. The van der Waals surface area contributed by atoms with Crippen molar-refractivity contribution < 1.29 is 17.5 Å². The van der Waals surface area contributed by atoms with E-state index in [0.29, 0.717) is 28.8 Å². The molecule has 0 saturated carbocycles. The molecule has 0 atom stereocenters. The van der Waals surface area contributed by atoms with Crippen molar-refractivity contribution in [2.45, 2.75) is 10.6 Å². The third-order valence-electron chi connectivity index (χ3n) is 3.73. The van der Waals surface area contributed by atoms with Crippen molar-refractivity contribution in [2.75, 3.05) is 20.2 Å². The fourth-order valence-corrected chi connectivity index (χ4v) is 5.09. The smallest absolute Gasteiger partial charge is 0.265 e. The molecule has 25 heavy (non-hydrogen) atoms. The summed E-state index contributed by atoms with van der Waals surface area (Å²) in [5.74, 6) is 0.599. The summed E-state index contributed by atoms with van der Waals surface area (Å²) in [4.78, 5) is 4.44. The van der Waals surface area contributed by atoms with E-state index in [1.165, 1.54) is 41.4 Å². The predicted molar refractivity (Wildman–Crippen MR) is 96.9 cm³/mol. The normalized spacial score (nSPS) is 14.5. The average molecular weight is 380 g/mol. The van der Waals surface area contributed by atoms with Crippen molar-refractivity contribution in [3.8, 4) is 5.75 Å². The summed E-state index contributed by atoms with van der Waals surface area (Å²) in [5.41, 5.74) is 0.517. The number of aliphatic imine (C=N–C) groups is 1. The Kier molecular flexibility index (Phi) is 5.29.